The van der Waals surface area contributed by atoms with E-state index in [1.165, 1.54) is 6.07 Å². The van der Waals surface area contributed by atoms with Gasteiger partial charge < -0.3 is 15.7 Å². The number of nitriles is 1. The van der Waals surface area contributed by atoms with Crippen molar-refractivity contribution in [1.29, 1.82) is 5.26 Å². The summed E-state index contributed by atoms with van der Waals surface area (Å²) in [5.74, 6) is -0.179. The molecule has 7 heteroatoms. The molecule has 0 spiro atoms. The topological polar surface area (TPSA) is 111 Å². The minimum absolute atomic E-state index is 0.158. The van der Waals surface area contributed by atoms with Crippen LogP contribution in [0.1, 0.15) is 21.6 Å². The number of aromatic carboxylic acids is 1. The van der Waals surface area contributed by atoms with E-state index in [0.29, 0.717) is 28.7 Å². The van der Waals surface area contributed by atoms with Crippen LogP contribution in [0.4, 0.5) is 23.1 Å². The summed E-state index contributed by atoms with van der Waals surface area (Å²) in [6, 6.07) is 17.3. The molecule has 128 valence electrons. The van der Waals surface area contributed by atoms with Crippen molar-refractivity contribution in [3.8, 4) is 6.07 Å². The fourth-order valence-electron chi connectivity index (χ4n) is 2.36. The molecule has 7 nitrogen and oxygen atoms in total. The van der Waals surface area contributed by atoms with Crippen LogP contribution in [0, 0.1) is 18.3 Å². The number of nitrogens with one attached hydrogen (secondary N) is 2. The molecule has 1 heterocycles. The van der Waals surface area contributed by atoms with Gasteiger partial charge in [-0.25, -0.2) is 9.78 Å². The van der Waals surface area contributed by atoms with Gasteiger partial charge in [-0.2, -0.15) is 10.2 Å². The quantitative estimate of drug-likeness (QED) is 0.644. The van der Waals surface area contributed by atoms with Gasteiger partial charge in [0, 0.05) is 17.4 Å². The second-order valence-electron chi connectivity index (χ2n) is 5.51. The summed E-state index contributed by atoms with van der Waals surface area (Å²) in [5.41, 5.74) is 2.62. The van der Waals surface area contributed by atoms with E-state index in [2.05, 4.69) is 26.7 Å². The van der Waals surface area contributed by atoms with Crippen molar-refractivity contribution in [1.82, 2.24) is 9.97 Å². The maximum absolute atomic E-state index is 11.3. The number of aromatic nitrogens is 2. The van der Waals surface area contributed by atoms with Gasteiger partial charge in [0.15, 0.2) is 0 Å². The van der Waals surface area contributed by atoms with E-state index >= 15 is 0 Å². The van der Waals surface area contributed by atoms with E-state index in [1.807, 2.05) is 6.92 Å². The van der Waals surface area contributed by atoms with Gasteiger partial charge in [0.2, 0.25) is 5.95 Å². The maximum Gasteiger partial charge on any atom is 0.337 e. The Kier molecular flexibility index (Phi) is 4.76. The molecule has 3 rings (SSSR count). The Balaban J connectivity index is 1.86. The van der Waals surface area contributed by atoms with Gasteiger partial charge in [0.05, 0.1) is 22.9 Å². The zero-order valence-electron chi connectivity index (χ0n) is 13.9. The van der Waals surface area contributed by atoms with Gasteiger partial charge in [0.1, 0.15) is 5.82 Å². The lowest BCUT2D eigenvalue weighted by Gasteiger charge is -2.11. The molecule has 0 unspecified atom stereocenters. The van der Waals surface area contributed by atoms with Crippen LogP contribution in [-0.4, -0.2) is 21.0 Å². The SMILES string of the molecule is Cc1cc(Nc2ccccc2C(=O)O)nc(Nc2ccc(C#N)cc2)n1. The molecule has 0 amide bonds. The highest BCUT2D eigenvalue weighted by molar-refractivity contribution is 5.95. The van der Waals surface area contributed by atoms with Gasteiger partial charge in [-0.15, -0.1) is 0 Å². The van der Waals surface area contributed by atoms with Gasteiger partial charge >= 0.3 is 5.97 Å². The number of anilines is 4. The number of carbonyl (C=O) groups is 1. The molecule has 0 aliphatic rings. The van der Waals surface area contributed by atoms with Crippen molar-refractivity contribution in [2.75, 3.05) is 10.6 Å². The highest BCUT2D eigenvalue weighted by Gasteiger charge is 2.10. The number of hydrogen-bond donors (Lipinski definition) is 3. The Morgan fingerprint density at radius 3 is 2.50 bits per heavy atom. The third kappa shape index (κ3) is 3.94. The number of para-hydroxylation sites is 1. The third-order valence-electron chi connectivity index (χ3n) is 3.54. The summed E-state index contributed by atoms with van der Waals surface area (Å²) >= 11 is 0. The Morgan fingerprint density at radius 1 is 1.08 bits per heavy atom. The van der Waals surface area contributed by atoms with Gasteiger partial charge in [-0.3, -0.25) is 0 Å². The minimum Gasteiger partial charge on any atom is -0.478 e. The van der Waals surface area contributed by atoms with Crippen LogP contribution in [0.2, 0.25) is 0 Å². The fraction of sp³-hybridized carbons (Fsp3) is 0.0526. The van der Waals surface area contributed by atoms with Crippen LogP contribution in [0.5, 0.6) is 0 Å². The zero-order valence-corrected chi connectivity index (χ0v) is 13.9. The second kappa shape index (κ2) is 7.32. The van der Waals surface area contributed by atoms with Crippen LogP contribution in [-0.2, 0) is 0 Å². The monoisotopic (exact) mass is 345 g/mol. The third-order valence-corrected chi connectivity index (χ3v) is 3.54. The van der Waals surface area contributed by atoms with Crippen molar-refractivity contribution in [2.45, 2.75) is 6.92 Å². The number of aryl methyl sites for hydroxylation is 1. The van der Waals surface area contributed by atoms with E-state index < -0.39 is 5.97 Å². The molecule has 1 aromatic heterocycles. The minimum atomic E-state index is -1.02. The van der Waals surface area contributed by atoms with Crippen molar-refractivity contribution < 1.29 is 9.90 Å². The molecule has 0 aliphatic carbocycles. The number of nitrogens with zero attached hydrogens (tertiary/aromatic N) is 3. The second-order valence-corrected chi connectivity index (χ2v) is 5.51. The highest BCUT2D eigenvalue weighted by Crippen LogP contribution is 2.22. The Morgan fingerprint density at radius 2 is 1.81 bits per heavy atom. The molecule has 0 fully saturated rings. The Labute approximate surface area is 150 Å². The summed E-state index contributed by atoms with van der Waals surface area (Å²) in [6.07, 6.45) is 0. The zero-order chi connectivity index (χ0) is 18.5. The summed E-state index contributed by atoms with van der Waals surface area (Å²) in [4.78, 5) is 20.0. The van der Waals surface area contributed by atoms with E-state index in [4.69, 9.17) is 5.26 Å². The van der Waals surface area contributed by atoms with Crippen LogP contribution in [0.15, 0.2) is 54.6 Å². The average Bonchev–Trinajstić information content (AvgIpc) is 2.62. The standard InChI is InChI=1S/C19H15N5O2/c1-12-10-17(23-16-5-3-2-4-15(16)18(25)26)24-19(21-12)22-14-8-6-13(11-20)7-9-14/h2-10H,1H3,(H,25,26)(H2,21,22,23,24). The van der Waals surface area contributed by atoms with E-state index in [9.17, 15) is 9.90 Å². The molecule has 0 bridgehead atoms. The molecule has 0 atom stereocenters. The molecule has 0 saturated heterocycles. The number of rotatable bonds is 5. The molecule has 0 aliphatic heterocycles. The van der Waals surface area contributed by atoms with Crippen molar-refractivity contribution >= 4 is 29.1 Å². The molecular formula is C19H15N5O2. The molecule has 3 N–H and O–H groups in total. The van der Waals surface area contributed by atoms with Crippen LogP contribution in [0.3, 0.4) is 0 Å². The van der Waals surface area contributed by atoms with E-state index in [-0.39, 0.29) is 5.56 Å². The smallest absolute Gasteiger partial charge is 0.337 e. The molecule has 26 heavy (non-hydrogen) atoms. The van der Waals surface area contributed by atoms with E-state index in [1.54, 1.807) is 48.5 Å². The van der Waals surface area contributed by atoms with Crippen LogP contribution < -0.4 is 10.6 Å². The normalized spacial score (nSPS) is 10.0. The first-order valence-electron chi connectivity index (χ1n) is 7.77. The molecular weight excluding hydrogens is 330 g/mol. The number of carboxylic acids is 1. The number of benzene rings is 2. The predicted octanol–water partition coefficient (Wildman–Crippen LogP) is 3.84. The van der Waals surface area contributed by atoms with Crippen molar-refractivity contribution in [3.05, 3.63) is 71.4 Å². The molecule has 2 aromatic carbocycles. The van der Waals surface area contributed by atoms with Crippen molar-refractivity contribution in [3.63, 3.8) is 0 Å². The Bertz CT molecular complexity index is 994. The lowest BCUT2D eigenvalue weighted by atomic mass is 10.2. The largest absolute Gasteiger partial charge is 0.478 e. The lowest BCUT2D eigenvalue weighted by Crippen LogP contribution is -2.05. The first-order chi connectivity index (χ1) is 12.5. The van der Waals surface area contributed by atoms with Crippen LogP contribution in [0.25, 0.3) is 0 Å². The highest BCUT2D eigenvalue weighted by atomic mass is 16.4. The predicted molar refractivity (Wildman–Crippen MR) is 97.9 cm³/mol. The lowest BCUT2D eigenvalue weighted by molar-refractivity contribution is 0.0698. The maximum atomic E-state index is 11.3. The summed E-state index contributed by atoms with van der Waals surface area (Å²) in [7, 11) is 0. The summed E-state index contributed by atoms with van der Waals surface area (Å²) < 4.78 is 0. The van der Waals surface area contributed by atoms with Crippen molar-refractivity contribution in [2.24, 2.45) is 0 Å². The van der Waals surface area contributed by atoms with Gasteiger partial charge in [-0.05, 0) is 43.3 Å². The first kappa shape index (κ1) is 16.9. The number of hydrogen-bond acceptors (Lipinski definition) is 6. The van der Waals surface area contributed by atoms with Gasteiger partial charge in [0.25, 0.3) is 0 Å². The summed E-state index contributed by atoms with van der Waals surface area (Å²) in [5, 5.41) is 24.2. The van der Waals surface area contributed by atoms with Crippen LogP contribution >= 0.6 is 0 Å². The molecule has 3 aromatic rings. The average molecular weight is 345 g/mol. The van der Waals surface area contributed by atoms with E-state index in [0.717, 1.165) is 5.69 Å². The first-order valence-corrected chi connectivity index (χ1v) is 7.77. The molecule has 0 radical (unpaired) electrons. The van der Waals surface area contributed by atoms with Gasteiger partial charge in [-0.1, -0.05) is 12.1 Å². The fourth-order valence-corrected chi connectivity index (χ4v) is 2.36. The Hall–Kier alpha value is -3.92. The molecule has 0 saturated carbocycles. The summed E-state index contributed by atoms with van der Waals surface area (Å²) in [6.45, 7) is 1.82. The number of carboxylic acid groups (broad SMARTS) is 1.